The number of nitrogens with one attached hydrogen (secondary N) is 4. The van der Waals surface area contributed by atoms with E-state index in [4.69, 9.17) is 0 Å². The molecule has 204 valence electrons. The van der Waals surface area contributed by atoms with Crippen LogP contribution in [0, 0.1) is 20.8 Å². The van der Waals surface area contributed by atoms with Gasteiger partial charge in [-0.1, -0.05) is 54.1 Å². The van der Waals surface area contributed by atoms with Gasteiger partial charge in [-0.3, -0.25) is 15.1 Å². The monoisotopic (exact) mass is 549 g/mol. The normalized spacial score (nSPS) is 13.8. The Kier molecular flexibility index (Phi) is 8.32. The van der Waals surface area contributed by atoms with Crippen LogP contribution in [0.5, 0.6) is 0 Å². The molecule has 39 heavy (non-hydrogen) atoms. The molecule has 3 aromatic rings. The van der Waals surface area contributed by atoms with Crippen molar-refractivity contribution in [2.45, 2.75) is 38.1 Å². The largest absolute Gasteiger partial charge is 0.480 e. The van der Waals surface area contributed by atoms with E-state index in [-0.39, 0.29) is 11.3 Å². The van der Waals surface area contributed by atoms with E-state index in [9.17, 15) is 23.1 Å². The number of guanidine groups is 1. The minimum absolute atomic E-state index is 0.0293. The summed E-state index contributed by atoms with van der Waals surface area (Å²) in [5.74, 6) is -0.828. The summed E-state index contributed by atoms with van der Waals surface area (Å²) in [6, 6.07) is 16.2. The molecule has 0 radical (unpaired) electrons. The van der Waals surface area contributed by atoms with Gasteiger partial charge in [0.2, 0.25) is 10.0 Å². The van der Waals surface area contributed by atoms with Gasteiger partial charge < -0.3 is 15.7 Å². The van der Waals surface area contributed by atoms with Crippen LogP contribution in [0.3, 0.4) is 0 Å². The molecule has 3 aromatic carbocycles. The number of aliphatic imine (C=N–C) groups is 1. The average molecular weight is 550 g/mol. The highest BCUT2D eigenvalue weighted by atomic mass is 32.2. The van der Waals surface area contributed by atoms with Crippen LogP contribution in [0.2, 0.25) is 0 Å². The Morgan fingerprint density at radius 1 is 0.974 bits per heavy atom. The molecule has 2 amide bonds. The average Bonchev–Trinajstić information content (AvgIpc) is 3.36. The number of carbonyl (C=O) groups is 2. The van der Waals surface area contributed by atoms with Crippen LogP contribution in [-0.2, 0) is 21.2 Å². The zero-order valence-electron chi connectivity index (χ0n) is 21.9. The van der Waals surface area contributed by atoms with E-state index < -0.39 is 28.1 Å². The van der Waals surface area contributed by atoms with Gasteiger partial charge in [-0.25, -0.2) is 13.2 Å². The molecule has 0 fully saturated rings. The molecule has 1 aliphatic rings. The lowest BCUT2D eigenvalue weighted by Crippen LogP contribution is -2.42. The summed E-state index contributed by atoms with van der Waals surface area (Å²) in [7, 11) is -4.06. The number of nitrogens with zero attached hydrogens (tertiary/aromatic N) is 1. The minimum Gasteiger partial charge on any atom is -0.480 e. The summed E-state index contributed by atoms with van der Waals surface area (Å²) in [4.78, 5) is 28.4. The van der Waals surface area contributed by atoms with Crippen molar-refractivity contribution in [2.24, 2.45) is 4.99 Å². The van der Waals surface area contributed by atoms with Crippen LogP contribution >= 0.6 is 0 Å². The quantitative estimate of drug-likeness (QED) is 0.291. The number of carboxylic acid groups (broad SMARTS) is 1. The van der Waals surface area contributed by atoms with Crippen LogP contribution in [-0.4, -0.2) is 50.6 Å². The number of anilines is 1. The fourth-order valence-corrected chi connectivity index (χ4v) is 6.26. The third-order valence-electron chi connectivity index (χ3n) is 6.22. The third kappa shape index (κ3) is 7.01. The SMILES string of the molecule is Cc1cc(C)c(S(=O)(=O)NC(Cc2ccc(-c3cccc(NC(=O)NC4=NCCN4)c3)cc2)C(=O)O)c(C)c1. The van der Waals surface area contributed by atoms with Crippen molar-refractivity contribution in [1.29, 1.82) is 0 Å². The smallest absolute Gasteiger partial charge is 0.325 e. The zero-order chi connectivity index (χ0) is 28.2. The van der Waals surface area contributed by atoms with Gasteiger partial charge in [-0.2, -0.15) is 4.72 Å². The molecule has 1 heterocycles. The fraction of sp³-hybridized carbons (Fsp3) is 0.250. The number of benzene rings is 3. The van der Waals surface area contributed by atoms with Crippen LogP contribution in [0.1, 0.15) is 22.3 Å². The summed E-state index contributed by atoms with van der Waals surface area (Å²) in [6.45, 7) is 6.57. The zero-order valence-corrected chi connectivity index (χ0v) is 22.7. The van der Waals surface area contributed by atoms with Gasteiger partial charge in [0.1, 0.15) is 6.04 Å². The molecule has 0 spiro atoms. The van der Waals surface area contributed by atoms with Gasteiger partial charge in [0.25, 0.3) is 0 Å². The Balaban J connectivity index is 1.45. The number of hydrogen-bond acceptors (Lipinski definition) is 6. The molecular formula is C28H31N5O5S. The van der Waals surface area contributed by atoms with Crippen molar-refractivity contribution < 1.29 is 23.1 Å². The highest BCUT2D eigenvalue weighted by molar-refractivity contribution is 7.89. The van der Waals surface area contributed by atoms with E-state index >= 15 is 0 Å². The first-order valence-corrected chi connectivity index (χ1v) is 13.9. The molecule has 4 rings (SSSR count). The highest BCUT2D eigenvalue weighted by Crippen LogP contribution is 2.25. The van der Waals surface area contributed by atoms with Gasteiger partial charge in [0.15, 0.2) is 5.96 Å². The molecular weight excluding hydrogens is 518 g/mol. The lowest BCUT2D eigenvalue weighted by Gasteiger charge is -2.18. The molecule has 1 unspecified atom stereocenters. The molecule has 0 saturated carbocycles. The maximum Gasteiger partial charge on any atom is 0.325 e. The molecule has 10 nitrogen and oxygen atoms in total. The van der Waals surface area contributed by atoms with Gasteiger partial charge >= 0.3 is 12.0 Å². The molecule has 1 atom stereocenters. The van der Waals surface area contributed by atoms with Crippen LogP contribution in [0.25, 0.3) is 11.1 Å². The number of aliphatic carboxylic acids is 1. The molecule has 0 aromatic heterocycles. The number of aryl methyl sites for hydroxylation is 3. The van der Waals surface area contributed by atoms with Gasteiger partial charge in [-0.05, 0) is 67.1 Å². The number of urea groups is 1. The number of hydrogen-bond donors (Lipinski definition) is 5. The van der Waals surface area contributed by atoms with Gasteiger partial charge in [0.05, 0.1) is 11.4 Å². The van der Waals surface area contributed by atoms with Gasteiger partial charge in [0, 0.05) is 12.2 Å². The fourth-order valence-electron chi connectivity index (χ4n) is 4.61. The topological polar surface area (TPSA) is 149 Å². The second-order valence-electron chi connectivity index (χ2n) is 9.46. The molecule has 1 aliphatic heterocycles. The lowest BCUT2D eigenvalue weighted by atomic mass is 10.0. The van der Waals surface area contributed by atoms with E-state index in [2.05, 4.69) is 25.7 Å². The van der Waals surface area contributed by atoms with Crippen molar-refractivity contribution in [1.82, 2.24) is 15.4 Å². The first-order chi connectivity index (χ1) is 18.5. The highest BCUT2D eigenvalue weighted by Gasteiger charge is 2.28. The lowest BCUT2D eigenvalue weighted by molar-refractivity contribution is -0.138. The van der Waals surface area contributed by atoms with Crippen molar-refractivity contribution >= 4 is 33.7 Å². The van der Waals surface area contributed by atoms with Gasteiger partial charge in [-0.15, -0.1) is 0 Å². The molecule has 0 saturated heterocycles. The van der Waals surface area contributed by atoms with E-state index in [1.54, 1.807) is 44.2 Å². The van der Waals surface area contributed by atoms with Crippen molar-refractivity contribution in [3.8, 4) is 11.1 Å². The summed E-state index contributed by atoms with van der Waals surface area (Å²) < 4.78 is 28.6. The van der Waals surface area contributed by atoms with Crippen molar-refractivity contribution in [3.63, 3.8) is 0 Å². The number of sulfonamides is 1. The van der Waals surface area contributed by atoms with Crippen LogP contribution < -0.4 is 20.7 Å². The van der Waals surface area contributed by atoms with E-state index in [1.165, 1.54) is 0 Å². The van der Waals surface area contributed by atoms with E-state index in [0.29, 0.717) is 41.4 Å². The molecule has 0 bridgehead atoms. The van der Waals surface area contributed by atoms with E-state index in [0.717, 1.165) is 16.7 Å². The standard InChI is InChI=1S/C28H31N5O5S/c1-17-13-18(2)25(19(3)14-17)39(37,38)33-24(26(34)35)15-20-7-9-21(10-8-20)22-5-4-6-23(16-22)31-28(36)32-27-29-11-12-30-27/h4-10,13-14,16,24,33H,11-12,15H2,1-3H3,(H,34,35)(H3,29,30,31,32,36). The van der Waals surface area contributed by atoms with Crippen LogP contribution in [0.15, 0.2) is 70.6 Å². The van der Waals surface area contributed by atoms with Crippen LogP contribution in [0.4, 0.5) is 10.5 Å². The number of carboxylic acids is 1. The number of amides is 2. The third-order valence-corrected chi connectivity index (χ3v) is 8.00. The maximum absolute atomic E-state index is 13.1. The Labute approximate surface area is 227 Å². The molecule has 11 heteroatoms. The van der Waals surface area contributed by atoms with Crippen molar-refractivity contribution in [3.05, 3.63) is 82.9 Å². The Hall–Kier alpha value is -4.22. The predicted octanol–water partition coefficient (Wildman–Crippen LogP) is 3.33. The molecule has 5 N–H and O–H groups in total. The minimum atomic E-state index is -4.06. The Bertz CT molecular complexity index is 1510. The maximum atomic E-state index is 13.1. The summed E-state index contributed by atoms with van der Waals surface area (Å²) in [5, 5.41) is 18.2. The first kappa shape index (κ1) is 27.8. The second-order valence-corrected chi connectivity index (χ2v) is 11.1. The summed E-state index contributed by atoms with van der Waals surface area (Å²) in [5.41, 5.74) is 5.00. The van der Waals surface area contributed by atoms with Crippen molar-refractivity contribution in [2.75, 3.05) is 18.4 Å². The second kappa shape index (κ2) is 11.7. The number of carbonyl (C=O) groups excluding carboxylic acids is 1. The van der Waals surface area contributed by atoms with E-state index in [1.807, 2.05) is 37.3 Å². The Morgan fingerprint density at radius 2 is 1.67 bits per heavy atom. The summed E-state index contributed by atoms with van der Waals surface area (Å²) in [6.07, 6.45) is -0.0293. The number of rotatable bonds is 8. The summed E-state index contributed by atoms with van der Waals surface area (Å²) >= 11 is 0. The Morgan fingerprint density at radius 3 is 2.28 bits per heavy atom. The molecule has 0 aliphatic carbocycles. The predicted molar refractivity (Wildman–Crippen MR) is 150 cm³/mol. The first-order valence-electron chi connectivity index (χ1n) is 12.4.